The van der Waals surface area contributed by atoms with Crippen molar-refractivity contribution in [2.24, 2.45) is 5.92 Å². The number of aromatic nitrogens is 1. The van der Waals surface area contributed by atoms with E-state index in [1.54, 1.807) is 17.2 Å². The van der Waals surface area contributed by atoms with Gasteiger partial charge in [0.05, 0.1) is 5.69 Å². The Morgan fingerprint density at radius 2 is 1.89 bits per heavy atom. The van der Waals surface area contributed by atoms with Crippen LogP contribution in [0, 0.1) is 5.92 Å². The van der Waals surface area contributed by atoms with Gasteiger partial charge in [-0.05, 0) is 82.5 Å². The van der Waals surface area contributed by atoms with Crippen LogP contribution >= 0.6 is 0 Å². The molecule has 2 aromatic rings. The minimum Gasteiger partial charge on any atom is -0.336 e. The van der Waals surface area contributed by atoms with Gasteiger partial charge in [-0.15, -0.1) is 0 Å². The van der Waals surface area contributed by atoms with Gasteiger partial charge in [0.15, 0.2) is 5.78 Å². The molecule has 0 spiro atoms. The van der Waals surface area contributed by atoms with Crippen LogP contribution in [0.25, 0.3) is 0 Å². The first-order valence-corrected chi connectivity index (χ1v) is 13.2. The molecule has 1 fully saturated rings. The molecule has 3 heterocycles. The highest BCUT2D eigenvalue weighted by Crippen LogP contribution is 2.34. The van der Waals surface area contributed by atoms with Crippen LogP contribution in [0.4, 0.5) is 16.3 Å². The van der Waals surface area contributed by atoms with Crippen LogP contribution in [0.15, 0.2) is 42.6 Å². The number of hydrogen-bond acceptors (Lipinski definition) is 5. The molecule has 4 rings (SSSR count). The zero-order chi connectivity index (χ0) is 24.6. The van der Waals surface area contributed by atoms with Crippen molar-refractivity contribution in [2.75, 3.05) is 50.7 Å². The molecule has 7 heteroatoms. The monoisotopic (exact) mass is 477 g/mol. The lowest BCUT2D eigenvalue weighted by molar-refractivity contribution is 0.0994. The number of rotatable bonds is 9. The molecule has 7 nitrogen and oxygen atoms in total. The minimum absolute atomic E-state index is 0.00474. The molecule has 0 atom stereocenters. The number of para-hydroxylation sites is 1. The largest absolute Gasteiger partial charge is 0.336 e. The molecule has 2 amide bonds. The van der Waals surface area contributed by atoms with Gasteiger partial charge in [-0.1, -0.05) is 32.0 Å². The smallest absolute Gasteiger partial charge is 0.327 e. The fraction of sp³-hybridized carbons (Fsp3) is 0.536. The van der Waals surface area contributed by atoms with E-state index in [2.05, 4.69) is 33.9 Å². The summed E-state index contributed by atoms with van der Waals surface area (Å²) < 4.78 is 0. The van der Waals surface area contributed by atoms with Gasteiger partial charge in [-0.2, -0.15) is 0 Å². The second-order valence-electron chi connectivity index (χ2n) is 9.62. The number of piperidine rings is 1. The quantitative estimate of drug-likeness (QED) is 0.576. The zero-order valence-corrected chi connectivity index (χ0v) is 21.2. The maximum absolute atomic E-state index is 13.3. The van der Waals surface area contributed by atoms with Crippen LogP contribution in [0.3, 0.4) is 0 Å². The lowest BCUT2D eigenvalue weighted by Gasteiger charge is -2.32. The van der Waals surface area contributed by atoms with Crippen molar-refractivity contribution in [3.05, 3.63) is 53.7 Å². The molecule has 2 aliphatic heterocycles. The summed E-state index contributed by atoms with van der Waals surface area (Å²) in [6, 6.07) is 10.7. The highest BCUT2D eigenvalue weighted by molar-refractivity contribution is 6.11. The van der Waals surface area contributed by atoms with E-state index in [1.165, 1.54) is 32.2 Å². The number of urea groups is 1. The maximum Gasteiger partial charge on any atom is 0.327 e. The van der Waals surface area contributed by atoms with Crippen molar-refractivity contribution in [1.82, 2.24) is 20.1 Å². The first kappa shape index (κ1) is 25.3. The van der Waals surface area contributed by atoms with E-state index in [4.69, 9.17) is 0 Å². The second kappa shape index (κ2) is 12.3. The number of likely N-dealkylation sites (tertiary alicyclic amines) is 1. The Morgan fingerprint density at radius 1 is 1.11 bits per heavy atom. The van der Waals surface area contributed by atoms with E-state index >= 15 is 0 Å². The summed E-state index contributed by atoms with van der Waals surface area (Å²) in [6.45, 7) is 11.6. The molecule has 1 aromatic heterocycles. The molecule has 188 valence electrons. The number of ketones is 1. The predicted octanol–water partition coefficient (Wildman–Crippen LogP) is 4.50. The highest BCUT2D eigenvalue weighted by atomic mass is 16.2. The van der Waals surface area contributed by atoms with Gasteiger partial charge < -0.3 is 15.1 Å². The van der Waals surface area contributed by atoms with Crippen LogP contribution in [-0.4, -0.2) is 72.4 Å². The molecule has 35 heavy (non-hydrogen) atoms. The number of hydrogen-bond donors (Lipinski definition) is 1. The number of pyridine rings is 1. The summed E-state index contributed by atoms with van der Waals surface area (Å²) >= 11 is 0. The molecular weight excluding hydrogens is 438 g/mol. The SMILES string of the molecule is CCN(CC)CCCC1CCN(CCNC(=O)N2c3ccccc3C(=O)Cc3cccnc32)CC1. The summed E-state index contributed by atoms with van der Waals surface area (Å²) in [5, 5.41) is 3.08. The van der Waals surface area contributed by atoms with Crippen molar-refractivity contribution in [3.8, 4) is 0 Å². The molecule has 0 radical (unpaired) electrons. The van der Waals surface area contributed by atoms with Crippen molar-refractivity contribution in [1.29, 1.82) is 0 Å². The Balaban J connectivity index is 1.29. The fourth-order valence-corrected chi connectivity index (χ4v) is 5.30. The molecule has 0 aliphatic carbocycles. The summed E-state index contributed by atoms with van der Waals surface area (Å²) in [7, 11) is 0. The number of carbonyl (C=O) groups is 2. The summed E-state index contributed by atoms with van der Waals surface area (Å²) in [5.41, 5.74) is 1.92. The number of nitrogens with one attached hydrogen (secondary N) is 1. The Hall–Kier alpha value is -2.77. The molecule has 1 saturated heterocycles. The van der Waals surface area contributed by atoms with Crippen molar-refractivity contribution < 1.29 is 9.59 Å². The average Bonchev–Trinajstić information content (AvgIpc) is 3.01. The third-order valence-corrected chi connectivity index (χ3v) is 7.47. The van der Waals surface area contributed by atoms with Crippen molar-refractivity contribution >= 4 is 23.3 Å². The van der Waals surface area contributed by atoms with E-state index < -0.39 is 0 Å². The lowest BCUT2D eigenvalue weighted by Crippen LogP contribution is -2.43. The number of fused-ring (bicyclic) bond motifs is 2. The Bertz CT molecular complexity index is 998. The lowest BCUT2D eigenvalue weighted by atomic mass is 9.92. The van der Waals surface area contributed by atoms with E-state index in [0.29, 0.717) is 23.6 Å². The number of anilines is 2. The standard InChI is InChI=1S/C28H39N5O2/c1-3-31(4-2)17-8-9-22-13-18-32(19-14-22)20-16-30-28(35)33-25-12-6-5-11-24(25)26(34)21-23-10-7-15-29-27(23)33/h5-7,10-12,15,22H,3-4,8-9,13-14,16-21H2,1-2H3,(H,30,35). The molecule has 0 unspecified atom stereocenters. The Labute approximate surface area is 209 Å². The molecule has 1 N–H and O–H groups in total. The summed E-state index contributed by atoms with van der Waals surface area (Å²) in [4.78, 5) is 37.1. The van der Waals surface area contributed by atoms with Crippen LogP contribution < -0.4 is 10.2 Å². The van der Waals surface area contributed by atoms with Gasteiger partial charge in [0.2, 0.25) is 0 Å². The van der Waals surface area contributed by atoms with Gasteiger partial charge in [-0.25, -0.2) is 14.7 Å². The third kappa shape index (κ3) is 6.27. The van der Waals surface area contributed by atoms with Crippen molar-refractivity contribution in [3.63, 3.8) is 0 Å². The van der Waals surface area contributed by atoms with Gasteiger partial charge in [-0.3, -0.25) is 4.79 Å². The van der Waals surface area contributed by atoms with E-state index in [1.807, 2.05) is 30.3 Å². The van der Waals surface area contributed by atoms with Gasteiger partial charge in [0.25, 0.3) is 0 Å². The number of benzene rings is 1. The van der Waals surface area contributed by atoms with Crippen LogP contribution in [-0.2, 0) is 6.42 Å². The van der Waals surface area contributed by atoms with E-state index in [-0.39, 0.29) is 18.2 Å². The number of carbonyl (C=O) groups excluding carboxylic acids is 2. The first-order chi connectivity index (χ1) is 17.1. The normalized spacial score (nSPS) is 16.7. The van der Waals surface area contributed by atoms with Gasteiger partial charge >= 0.3 is 6.03 Å². The molecule has 0 bridgehead atoms. The van der Waals surface area contributed by atoms with Crippen LogP contribution in [0.1, 0.15) is 55.5 Å². The fourth-order valence-electron chi connectivity index (χ4n) is 5.30. The zero-order valence-electron chi connectivity index (χ0n) is 21.2. The average molecular weight is 478 g/mol. The maximum atomic E-state index is 13.3. The first-order valence-electron chi connectivity index (χ1n) is 13.2. The molecule has 1 aromatic carbocycles. The molecule has 2 aliphatic rings. The van der Waals surface area contributed by atoms with E-state index in [9.17, 15) is 9.59 Å². The predicted molar refractivity (Wildman–Crippen MR) is 140 cm³/mol. The van der Waals surface area contributed by atoms with Crippen LogP contribution in [0.2, 0.25) is 0 Å². The third-order valence-electron chi connectivity index (χ3n) is 7.47. The van der Waals surface area contributed by atoms with Gasteiger partial charge in [0.1, 0.15) is 5.82 Å². The van der Waals surface area contributed by atoms with Crippen LogP contribution in [0.5, 0.6) is 0 Å². The number of amides is 2. The van der Waals surface area contributed by atoms with E-state index in [0.717, 1.165) is 44.2 Å². The molecular formula is C28H39N5O2. The Morgan fingerprint density at radius 3 is 2.66 bits per heavy atom. The molecule has 0 saturated carbocycles. The summed E-state index contributed by atoms with van der Waals surface area (Å²) in [6.07, 6.45) is 7.01. The highest BCUT2D eigenvalue weighted by Gasteiger charge is 2.30. The van der Waals surface area contributed by atoms with Crippen molar-refractivity contribution in [2.45, 2.75) is 46.0 Å². The number of Topliss-reactive ketones (excluding diaryl/α,β-unsaturated/α-hetero) is 1. The second-order valence-corrected chi connectivity index (χ2v) is 9.62. The Kier molecular flexibility index (Phi) is 8.88. The summed E-state index contributed by atoms with van der Waals surface area (Å²) in [5.74, 6) is 1.36. The number of nitrogens with zero attached hydrogens (tertiary/aromatic N) is 4. The minimum atomic E-state index is -0.238. The van der Waals surface area contributed by atoms with Gasteiger partial charge in [0, 0.05) is 36.8 Å². The topological polar surface area (TPSA) is 68.8 Å².